The Morgan fingerprint density at radius 3 is 2.53 bits per heavy atom. The highest BCUT2D eigenvalue weighted by Crippen LogP contribution is 2.47. The molecule has 232 valence electrons. The van der Waals surface area contributed by atoms with E-state index in [9.17, 15) is 24.1 Å². The molecule has 1 saturated heterocycles. The van der Waals surface area contributed by atoms with E-state index in [2.05, 4.69) is 10.1 Å². The molecule has 3 N–H and O–H groups in total. The Morgan fingerprint density at radius 1 is 1.23 bits per heavy atom. The molecule has 2 aromatic heterocycles. The molecule has 1 unspecified atom stereocenters. The number of carbonyl (C=O) groups excluding carboxylic acids is 1. The van der Waals surface area contributed by atoms with Gasteiger partial charge in [0.1, 0.15) is 23.5 Å². The molecule has 0 saturated carbocycles. The van der Waals surface area contributed by atoms with E-state index in [1.54, 1.807) is 38.1 Å². The Morgan fingerprint density at radius 2 is 1.93 bits per heavy atom. The van der Waals surface area contributed by atoms with Gasteiger partial charge in [-0.05, 0) is 64.1 Å². The topological polar surface area (TPSA) is 171 Å². The summed E-state index contributed by atoms with van der Waals surface area (Å²) in [5.41, 5.74) is -2.55. The van der Waals surface area contributed by atoms with Crippen LogP contribution in [0.25, 0.3) is 11.3 Å². The number of ether oxygens (including phenoxy) is 2. The van der Waals surface area contributed by atoms with Crippen molar-refractivity contribution in [2.45, 2.75) is 63.9 Å². The standard InChI is InChI=1S/C27H31ClFN4O9P/c1-15(2)40-25(35)16(3)32-43(38,42-19-8-5-17(6-9-19)20-10-7-18(28)13-30-20)39-14-21-27(4,37)23(29)24(41-21)33-12-11-22(34)31-26(33)36/h5-13,15-16,21,23-24,37H,14H2,1-4H3,(H,32,38)(H,31,34,36)/t16-,21+,23-,24+,27-,43?/m0/s1. The van der Waals surface area contributed by atoms with Crippen molar-refractivity contribution in [2.75, 3.05) is 6.61 Å². The summed E-state index contributed by atoms with van der Waals surface area (Å²) < 4.78 is 52.1. The first-order valence-electron chi connectivity index (χ1n) is 13.2. The SMILES string of the molecule is CC(C)OC(=O)[C@H](C)NP(=O)(OC[C@H]1O[C@@H](n2ccc(=O)[nH]c2=O)[C@H](F)[C@@]1(C)O)Oc1ccc(-c2ccc(Cl)cn2)cc1. The van der Waals surface area contributed by atoms with E-state index in [-0.39, 0.29) is 5.75 Å². The minimum Gasteiger partial charge on any atom is -0.462 e. The molecule has 0 amide bonds. The lowest BCUT2D eigenvalue weighted by Gasteiger charge is -2.28. The van der Waals surface area contributed by atoms with E-state index >= 15 is 4.39 Å². The number of aromatic nitrogens is 3. The number of esters is 1. The predicted octanol–water partition coefficient (Wildman–Crippen LogP) is 3.37. The van der Waals surface area contributed by atoms with Gasteiger partial charge in [0.05, 0.1) is 23.4 Å². The van der Waals surface area contributed by atoms with E-state index in [4.69, 9.17) is 30.1 Å². The number of hydrogen-bond donors (Lipinski definition) is 3. The van der Waals surface area contributed by atoms with E-state index < -0.39 is 67.8 Å². The first kappa shape index (κ1) is 32.5. The van der Waals surface area contributed by atoms with Crippen LogP contribution in [0.2, 0.25) is 5.02 Å². The maximum atomic E-state index is 15.3. The summed E-state index contributed by atoms with van der Waals surface area (Å²) in [7, 11) is -4.44. The molecule has 1 aromatic carbocycles. The van der Waals surface area contributed by atoms with Crippen molar-refractivity contribution in [3.63, 3.8) is 0 Å². The van der Waals surface area contributed by atoms with Crippen molar-refractivity contribution in [3.8, 4) is 17.0 Å². The van der Waals surface area contributed by atoms with Crippen molar-refractivity contribution in [3.05, 3.63) is 80.7 Å². The van der Waals surface area contributed by atoms with Gasteiger partial charge >= 0.3 is 19.4 Å². The number of carbonyl (C=O) groups is 1. The van der Waals surface area contributed by atoms with Crippen LogP contribution in [0.15, 0.2) is 64.4 Å². The Balaban J connectivity index is 1.55. The zero-order chi connectivity index (χ0) is 31.5. The van der Waals surface area contributed by atoms with Gasteiger partial charge in [-0.15, -0.1) is 0 Å². The maximum absolute atomic E-state index is 15.3. The van der Waals surface area contributed by atoms with Crippen LogP contribution in [0.5, 0.6) is 5.75 Å². The van der Waals surface area contributed by atoms with Gasteiger partial charge in [-0.2, -0.15) is 5.09 Å². The lowest BCUT2D eigenvalue weighted by atomic mass is 9.96. The highest BCUT2D eigenvalue weighted by molar-refractivity contribution is 7.52. The number of alkyl halides is 1. The van der Waals surface area contributed by atoms with Crippen LogP contribution >= 0.6 is 19.3 Å². The summed E-state index contributed by atoms with van der Waals surface area (Å²) >= 11 is 5.90. The van der Waals surface area contributed by atoms with Gasteiger partial charge in [-0.25, -0.2) is 13.8 Å². The lowest BCUT2D eigenvalue weighted by molar-refractivity contribution is -0.149. The number of aromatic amines is 1. The monoisotopic (exact) mass is 640 g/mol. The largest absolute Gasteiger partial charge is 0.462 e. The van der Waals surface area contributed by atoms with Crippen molar-refractivity contribution in [1.29, 1.82) is 0 Å². The molecule has 1 aliphatic rings. The third kappa shape index (κ3) is 7.77. The minimum absolute atomic E-state index is 0.0816. The Hall–Kier alpha value is -3.39. The third-order valence-corrected chi connectivity index (χ3v) is 8.31. The fourth-order valence-corrected chi connectivity index (χ4v) is 5.74. The number of nitrogens with zero attached hydrogens (tertiary/aromatic N) is 2. The molecule has 0 aliphatic carbocycles. The Kier molecular flexibility index (Phi) is 9.90. The second kappa shape index (κ2) is 13.1. The molecule has 0 radical (unpaired) electrons. The van der Waals surface area contributed by atoms with E-state index in [0.29, 0.717) is 16.3 Å². The molecule has 3 heterocycles. The maximum Gasteiger partial charge on any atom is 0.459 e. The molecule has 3 aromatic rings. The lowest BCUT2D eigenvalue weighted by Crippen LogP contribution is -2.45. The van der Waals surface area contributed by atoms with E-state index in [1.165, 1.54) is 25.3 Å². The molecule has 0 bridgehead atoms. The number of H-pyrrole nitrogens is 1. The van der Waals surface area contributed by atoms with E-state index in [1.807, 2.05) is 4.98 Å². The van der Waals surface area contributed by atoms with Gasteiger partial charge in [0, 0.05) is 24.0 Å². The average Bonchev–Trinajstić information content (AvgIpc) is 3.16. The van der Waals surface area contributed by atoms with Crippen LogP contribution < -0.4 is 20.9 Å². The first-order chi connectivity index (χ1) is 20.2. The van der Waals surface area contributed by atoms with Gasteiger partial charge in [-0.3, -0.25) is 28.6 Å². The first-order valence-corrected chi connectivity index (χ1v) is 15.1. The summed E-state index contributed by atoms with van der Waals surface area (Å²) in [5, 5.41) is 13.9. The second-order valence-corrected chi connectivity index (χ2v) is 12.4. The Bertz CT molecular complexity index is 1600. The molecule has 4 rings (SSSR count). The molecular formula is C27H31ClFN4O9P. The number of pyridine rings is 1. The molecule has 43 heavy (non-hydrogen) atoms. The van der Waals surface area contributed by atoms with Crippen molar-refractivity contribution in [1.82, 2.24) is 19.6 Å². The van der Waals surface area contributed by atoms with Crippen molar-refractivity contribution < 1.29 is 37.4 Å². The van der Waals surface area contributed by atoms with Gasteiger partial charge < -0.3 is 19.1 Å². The molecule has 0 spiro atoms. The molecule has 1 aliphatic heterocycles. The highest BCUT2D eigenvalue weighted by atomic mass is 35.5. The summed E-state index contributed by atoms with van der Waals surface area (Å²) in [6, 6.07) is 9.52. The van der Waals surface area contributed by atoms with Gasteiger partial charge in [0.25, 0.3) is 5.56 Å². The van der Waals surface area contributed by atoms with Crippen LogP contribution in [-0.2, 0) is 23.4 Å². The quantitative estimate of drug-likeness (QED) is 0.207. The fraction of sp³-hybridized carbons (Fsp3) is 0.407. The second-order valence-electron chi connectivity index (χ2n) is 10.3. The average molecular weight is 641 g/mol. The molecular weight excluding hydrogens is 610 g/mol. The third-order valence-electron chi connectivity index (χ3n) is 6.45. The molecule has 16 heteroatoms. The van der Waals surface area contributed by atoms with Gasteiger partial charge in [0.15, 0.2) is 12.4 Å². The number of benzene rings is 1. The minimum atomic E-state index is -4.44. The number of halogens is 2. The van der Waals surface area contributed by atoms with Gasteiger partial charge in [-0.1, -0.05) is 11.6 Å². The van der Waals surface area contributed by atoms with Crippen molar-refractivity contribution >= 4 is 25.3 Å². The molecule has 6 atom stereocenters. The fourth-order valence-electron chi connectivity index (χ4n) is 4.14. The number of hydrogen-bond acceptors (Lipinski definition) is 10. The van der Waals surface area contributed by atoms with E-state index in [0.717, 1.165) is 23.8 Å². The van der Waals surface area contributed by atoms with Crippen LogP contribution in [0.4, 0.5) is 4.39 Å². The van der Waals surface area contributed by atoms with Crippen LogP contribution in [0, 0.1) is 0 Å². The smallest absolute Gasteiger partial charge is 0.459 e. The highest BCUT2D eigenvalue weighted by Gasteiger charge is 2.55. The zero-order valence-corrected chi connectivity index (χ0v) is 25.3. The normalized spacial score (nSPS) is 24.0. The number of nitrogens with one attached hydrogen (secondary N) is 2. The summed E-state index contributed by atoms with van der Waals surface area (Å²) in [4.78, 5) is 42.3. The van der Waals surface area contributed by atoms with Crippen molar-refractivity contribution in [2.24, 2.45) is 0 Å². The number of rotatable bonds is 11. The Labute approximate surface area is 250 Å². The molecule has 13 nitrogen and oxygen atoms in total. The number of aliphatic hydroxyl groups is 1. The summed E-state index contributed by atoms with van der Waals surface area (Å²) in [6.07, 6.45) is -3.17. The summed E-state index contributed by atoms with van der Waals surface area (Å²) in [6.45, 7) is 5.10. The zero-order valence-electron chi connectivity index (χ0n) is 23.6. The van der Waals surface area contributed by atoms with Crippen LogP contribution in [-0.4, -0.2) is 62.2 Å². The molecule has 1 fully saturated rings. The van der Waals surface area contributed by atoms with Crippen LogP contribution in [0.3, 0.4) is 0 Å². The summed E-state index contributed by atoms with van der Waals surface area (Å²) in [5.74, 6) is -0.657. The van der Waals surface area contributed by atoms with Crippen LogP contribution in [0.1, 0.15) is 33.9 Å². The predicted molar refractivity (Wildman–Crippen MR) is 153 cm³/mol. The van der Waals surface area contributed by atoms with Gasteiger partial charge in [0.2, 0.25) is 0 Å².